The van der Waals surface area contributed by atoms with Crippen LogP contribution in [-0.4, -0.2) is 32.3 Å². The standard InChI is InChI=1S/C16H20N4O2S/c21-13-4-2-1-3-11(13)5-8-15(22)17-10-9-14-18-19-16(23)20(14)12-6-7-12/h1-4,12,21H,5-10H2,(H,17,22)(H,19,23). The van der Waals surface area contributed by atoms with E-state index >= 15 is 0 Å². The lowest BCUT2D eigenvalue weighted by Gasteiger charge is -2.07. The van der Waals surface area contributed by atoms with Crippen molar-refractivity contribution in [3.05, 3.63) is 40.4 Å². The van der Waals surface area contributed by atoms with Gasteiger partial charge in [0.05, 0.1) is 0 Å². The Balaban J connectivity index is 1.45. The van der Waals surface area contributed by atoms with Crippen LogP contribution in [0.5, 0.6) is 5.75 Å². The molecule has 23 heavy (non-hydrogen) atoms. The molecule has 0 aliphatic heterocycles. The zero-order chi connectivity index (χ0) is 16.2. The number of carbonyl (C=O) groups excluding carboxylic acids is 1. The van der Waals surface area contributed by atoms with Crippen molar-refractivity contribution in [2.75, 3.05) is 6.54 Å². The molecule has 1 heterocycles. The number of rotatable bonds is 7. The lowest BCUT2D eigenvalue weighted by molar-refractivity contribution is -0.121. The summed E-state index contributed by atoms with van der Waals surface area (Å²) in [5.74, 6) is 1.11. The van der Waals surface area contributed by atoms with Gasteiger partial charge in [0.1, 0.15) is 11.6 Å². The minimum Gasteiger partial charge on any atom is -0.508 e. The summed E-state index contributed by atoms with van der Waals surface area (Å²) < 4.78 is 2.72. The maximum Gasteiger partial charge on any atom is 0.220 e. The molecule has 1 saturated carbocycles. The topological polar surface area (TPSA) is 82.9 Å². The molecule has 0 radical (unpaired) electrons. The van der Waals surface area contributed by atoms with Crippen molar-refractivity contribution < 1.29 is 9.90 Å². The van der Waals surface area contributed by atoms with Crippen molar-refractivity contribution in [2.24, 2.45) is 0 Å². The van der Waals surface area contributed by atoms with E-state index in [1.54, 1.807) is 12.1 Å². The number of amides is 1. The van der Waals surface area contributed by atoms with Gasteiger partial charge in [0.25, 0.3) is 0 Å². The third-order valence-corrected chi connectivity index (χ3v) is 4.26. The molecule has 1 aromatic heterocycles. The molecule has 122 valence electrons. The van der Waals surface area contributed by atoms with Crippen LogP contribution >= 0.6 is 12.2 Å². The van der Waals surface area contributed by atoms with E-state index in [2.05, 4.69) is 20.1 Å². The van der Waals surface area contributed by atoms with Crippen molar-refractivity contribution in [1.82, 2.24) is 20.1 Å². The van der Waals surface area contributed by atoms with E-state index in [-0.39, 0.29) is 11.7 Å². The van der Waals surface area contributed by atoms with Gasteiger partial charge < -0.3 is 15.0 Å². The van der Waals surface area contributed by atoms with Crippen molar-refractivity contribution in [3.63, 3.8) is 0 Å². The highest BCUT2D eigenvalue weighted by atomic mass is 32.1. The third-order valence-electron chi connectivity index (χ3n) is 3.97. The van der Waals surface area contributed by atoms with Crippen molar-refractivity contribution in [2.45, 2.75) is 38.1 Å². The van der Waals surface area contributed by atoms with Crippen LogP contribution in [0.15, 0.2) is 24.3 Å². The average Bonchev–Trinajstić information content (AvgIpc) is 3.30. The van der Waals surface area contributed by atoms with E-state index in [9.17, 15) is 9.90 Å². The molecule has 1 amide bonds. The molecule has 0 saturated heterocycles. The SMILES string of the molecule is O=C(CCc1ccccc1O)NCCc1n[nH]c(=S)n1C1CC1. The minimum atomic E-state index is -0.0274. The Morgan fingerprint density at radius 2 is 2.17 bits per heavy atom. The third kappa shape index (κ3) is 3.98. The van der Waals surface area contributed by atoms with Crippen molar-refractivity contribution >= 4 is 18.1 Å². The number of phenols is 1. The molecule has 2 aromatic rings. The Kier molecular flexibility index (Phi) is 4.76. The average molecular weight is 332 g/mol. The largest absolute Gasteiger partial charge is 0.508 e. The van der Waals surface area contributed by atoms with E-state index in [4.69, 9.17) is 12.2 Å². The number of nitrogens with one attached hydrogen (secondary N) is 2. The van der Waals surface area contributed by atoms with Crippen LogP contribution in [0.1, 0.15) is 36.7 Å². The fourth-order valence-electron chi connectivity index (χ4n) is 2.60. The van der Waals surface area contributed by atoms with Crippen LogP contribution in [-0.2, 0) is 17.6 Å². The monoisotopic (exact) mass is 332 g/mol. The lowest BCUT2D eigenvalue weighted by Crippen LogP contribution is -2.26. The molecule has 0 spiro atoms. The van der Waals surface area contributed by atoms with Crippen LogP contribution in [0, 0.1) is 4.77 Å². The van der Waals surface area contributed by atoms with Crippen LogP contribution in [0.2, 0.25) is 0 Å². The maximum atomic E-state index is 11.9. The summed E-state index contributed by atoms with van der Waals surface area (Å²) in [6, 6.07) is 7.57. The number of aryl methyl sites for hydroxylation is 1. The normalized spacial score (nSPS) is 13.9. The summed E-state index contributed by atoms with van der Waals surface area (Å²) in [6.07, 6.45) is 3.83. The van der Waals surface area contributed by atoms with Gasteiger partial charge in [-0.3, -0.25) is 9.89 Å². The Labute approximate surface area is 139 Å². The van der Waals surface area contributed by atoms with E-state index in [1.807, 2.05) is 12.1 Å². The fraction of sp³-hybridized carbons (Fsp3) is 0.438. The predicted octanol–water partition coefficient (Wildman–Crippen LogP) is 2.27. The molecule has 1 aliphatic carbocycles. The first-order valence-corrected chi connectivity index (χ1v) is 8.25. The zero-order valence-corrected chi connectivity index (χ0v) is 13.6. The van der Waals surface area contributed by atoms with Gasteiger partial charge in [0, 0.05) is 25.4 Å². The fourth-order valence-corrected chi connectivity index (χ4v) is 2.90. The molecule has 7 heteroatoms. The first kappa shape index (κ1) is 15.7. The second-order valence-corrected chi connectivity index (χ2v) is 6.16. The summed E-state index contributed by atoms with van der Waals surface area (Å²) in [5, 5.41) is 19.6. The summed E-state index contributed by atoms with van der Waals surface area (Å²) in [5.41, 5.74) is 0.789. The molecular formula is C16H20N4O2S. The summed E-state index contributed by atoms with van der Waals surface area (Å²) in [4.78, 5) is 11.9. The quantitative estimate of drug-likeness (QED) is 0.679. The van der Waals surface area contributed by atoms with Crippen molar-refractivity contribution in [3.8, 4) is 5.75 Å². The van der Waals surface area contributed by atoms with Crippen LogP contribution in [0.25, 0.3) is 0 Å². The molecule has 0 atom stereocenters. The second kappa shape index (κ2) is 6.95. The molecule has 0 unspecified atom stereocenters. The minimum absolute atomic E-state index is 0.0274. The van der Waals surface area contributed by atoms with E-state index in [0.717, 1.165) is 24.2 Å². The maximum absolute atomic E-state index is 11.9. The number of aromatic nitrogens is 3. The lowest BCUT2D eigenvalue weighted by atomic mass is 10.1. The number of nitrogens with zero attached hydrogens (tertiary/aromatic N) is 2. The first-order chi connectivity index (χ1) is 11.1. The summed E-state index contributed by atoms with van der Waals surface area (Å²) in [6.45, 7) is 0.534. The second-order valence-electron chi connectivity index (χ2n) is 5.77. The van der Waals surface area contributed by atoms with Gasteiger partial charge in [-0.2, -0.15) is 5.10 Å². The number of aromatic amines is 1. The highest BCUT2D eigenvalue weighted by Crippen LogP contribution is 2.35. The number of hydrogen-bond acceptors (Lipinski definition) is 4. The molecule has 1 aliphatic rings. The van der Waals surface area contributed by atoms with E-state index in [1.165, 1.54) is 0 Å². The van der Waals surface area contributed by atoms with Crippen LogP contribution < -0.4 is 5.32 Å². The Bertz CT molecular complexity index is 749. The number of phenolic OH excluding ortho intramolecular Hbond substituents is 1. The summed E-state index contributed by atoms with van der Waals surface area (Å²) >= 11 is 5.23. The molecule has 0 bridgehead atoms. The molecule has 3 rings (SSSR count). The van der Waals surface area contributed by atoms with Gasteiger partial charge in [0.15, 0.2) is 4.77 Å². The van der Waals surface area contributed by atoms with Crippen molar-refractivity contribution in [1.29, 1.82) is 0 Å². The van der Waals surface area contributed by atoms with Gasteiger partial charge >= 0.3 is 0 Å². The Hall–Kier alpha value is -2.15. The number of H-pyrrole nitrogens is 1. The van der Waals surface area contributed by atoms with Gasteiger partial charge in [-0.15, -0.1) is 0 Å². The first-order valence-electron chi connectivity index (χ1n) is 7.84. The Morgan fingerprint density at radius 3 is 2.91 bits per heavy atom. The smallest absolute Gasteiger partial charge is 0.220 e. The number of aromatic hydroxyl groups is 1. The molecular weight excluding hydrogens is 312 g/mol. The number of benzene rings is 1. The van der Waals surface area contributed by atoms with Gasteiger partial charge in [-0.1, -0.05) is 18.2 Å². The molecule has 1 fully saturated rings. The Morgan fingerprint density at radius 1 is 1.39 bits per heavy atom. The highest BCUT2D eigenvalue weighted by Gasteiger charge is 2.26. The zero-order valence-electron chi connectivity index (χ0n) is 12.8. The number of para-hydroxylation sites is 1. The summed E-state index contributed by atoms with van der Waals surface area (Å²) in [7, 11) is 0. The predicted molar refractivity (Wildman–Crippen MR) is 88.8 cm³/mol. The van der Waals surface area contributed by atoms with E-state index < -0.39 is 0 Å². The van der Waals surface area contributed by atoms with E-state index in [0.29, 0.717) is 36.6 Å². The number of carbonyl (C=O) groups is 1. The van der Waals surface area contributed by atoms with Gasteiger partial charge in [0.2, 0.25) is 5.91 Å². The van der Waals surface area contributed by atoms with Gasteiger partial charge in [-0.05, 0) is 43.1 Å². The molecule has 6 nitrogen and oxygen atoms in total. The molecule has 3 N–H and O–H groups in total. The highest BCUT2D eigenvalue weighted by molar-refractivity contribution is 7.71. The molecule has 1 aromatic carbocycles. The van der Waals surface area contributed by atoms with Crippen LogP contribution in [0.3, 0.4) is 0 Å². The number of hydrogen-bond donors (Lipinski definition) is 3. The van der Waals surface area contributed by atoms with Gasteiger partial charge in [-0.25, -0.2) is 0 Å². The van der Waals surface area contributed by atoms with Crippen LogP contribution in [0.4, 0.5) is 0 Å².